The predicted octanol–water partition coefficient (Wildman–Crippen LogP) is 4.00. The van der Waals surface area contributed by atoms with E-state index in [1.807, 2.05) is 35.7 Å². The van der Waals surface area contributed by atoms with E-state index in [2.05, 4.69) is 15.3 Å². The molecule has 0 aliphatic heterocycles. The van der Waals surface area contributed by atoms with Crippen LogP contribution >= 0.6 is 22.7 Å². The van der Waals surface area contributed by atoms with E-state index in [9.17, 15) is 13.2 Å². The molecule has 28 heavy (non-hydrogen) atoms. The molecule has 0 bridgehead atoms. The fourth-order valence-electron chi connectivity index (χ4n) is 2.62. The van der Waals surface area contributed by atoms with Gasteiger partial charge in [-0.2, -0.15) is 0 Å². The summed E-state index contributed by atoms with van der Waals surface area (Å²) in [6, 6.07) is 14.5. The maximum absolute atomic E-state index is 12.4. The van der Waals surface area contributed by atoms with Gasteiger partial charge in [0.1, 0.15) is 5.01 Å². The van der Waals surface area contributed by atoms with Crippen molar-refractivity contribution in [3.05, 3.63) is 59.6 Å². The molecule has 0 spiro atoms. The monoisotopic (exact) mass is 429 g/mol. The molecule has 0 aliphatic carbocycles. The third kappa shape index (κ3) is 4.11. The maximum Gasteiger partial charge on any atom is 0.232 e. The number of carbonyl (C=O) groups is 1. The van der Waals surface area contributed by atoms with E-state index in [0.29, 0.717) is 21.0 Å². The molecule has 0 radical (unpaired) electrons. The minimum Gasteiger partial charge on any atom is -0.302 e. The lowest BCUT2D eigenvalue weighted by Gasteiger charge is -1.99. The van der Waals surface area contributed by atoms with Crippen LogP contribution in [0.3, 0.4) is 0 Å². The molecule has 2 heterocycles. The minimum atomic E-state index is -3.28. The van der Waals surface area contributed by atoms with Crippen molar-refractivity contribution in [2.75, 3.05) is 11.6 Å². The summed E-state index contributed by atoms with van der Waals surface area (Å²) in [5, 5.41) is 5.95. The van der Waals surface area contributed by atoms with Crippen molar-refractivity contribution >= 4 is 53.8 Å². The number of amides is 1. The molecule has 142 valence electrons. The molecule has 0 atom stereocenters. The van der Waals surface area contributed by atoms with Crippen molar-refractivity contribution in [2.24, 2.45) is 0 Å². The number of sulfone groups is 1. The molecular formula is C19H15N3O3S3. The van der Waals surface area contributed by atoms with Gasteiger partial charge in [0.15, 0.2) is 15.0 Å². The van der Waals surface area contributed by atoms with Gasteiger partial charge in [-0.1, -0.05) is 41.7 Å². The lowest BCUT2D eigenvalue weighted by atomic mass is 10.2. The molecule has 4 rings (SSSR count). The van der Waals surface area contributed by atoms with E-state index in [4.69, 9.17) is 0 Å². The summed E-state index contributed by atoms with van der Waals surface area (Å²) in [4.78, 5) is 21.5. The molecule has 6 nitrogen and oxygen atoms in total. The van der Waals surface area contributed by atoms with Crippen LogP contribution in [0.5, 0.6) is 0 Å². The number of thiazole rings is 2. The topological polar surface area (TPSA) is 89.0 Å². The first-order chi connectivity index (χ1) is 13.4. The smallest absolute Gasteiger partial charge is 0.232 e. The van der Waals surface area contributed by atoms with E-state index in [1.165, 1.54) is 28.7 Å². The summed E-state index contributed by atoms with van der Waals surface area (Å²) in [5.74, 6) is -0.215. The Balaban J connectivity index is 1.47. The van der Waals surface area contributed by atoms with E-state index >= 15 is 0 Å². The van der Waals surface area contributed by atoms with Gasteiger partial charge in [-0.3, -0.25) is 4.79 Å². The Morgan fingerprint density at radius 2 is 1.89 bits per heavy atom. The molecule has 0 saturated carbocycles. The largest absolute Gasteiger partial charge is 0.302 e. The van der Waals surface area contributed by atoms with Gasteiger partial charge in [-0.15, -0.1) is 11.3 Å². The van der Waals surface area contributed by atoms with E-state index in [1.54, 1.807) is 12.1 Å². The molecular weight excluding hydrogens is 414 g/mol. The van der Waals surface area contributed by atoms with Crippen LogP contribution in [0.15, 0.2) is 58.8 Å². The van der Waals surface area contributed by atoms with Crippen molar-refractivity contribution < 1.29 is 13.2 Å². The molecule has 0 fully saturated rings. The molecule has 0 aliphatic rings. The third-order valence-electron chi connectivity index (χ3n) is 3.95. The number of nitrogens with one attached hydrogen (secondary N) is 1. The van der Waals surface area contributed by atoms with Crippen LogP contribution in [0, 0.1) is 0 Å². The Labute approximate surface area is 169 Å². The number of hydrogen-bond donors (Lipinski definition) is 1. The highest BCUT2D eigenvalue weighted by atomic mass is 32.2. The highest BCUT2D eigenvalue weighted by Gasteiger charge is 2.14. The quantitative estimate of drug-likeness (QED) is 0.518. The number of carbonyl (C=O) groups excluding carboxylic acids is 1. The molecule has 1 N–H and O–H groups in total. The number of fused-ring (bicyclic) bond motifs is 1. The normalized spacial score (nSPS) is 11.6. The minimum absolute atomic E-state index is 0.147. The summed E-state index contributed by atoms with van der Waals surface area (Å²) < 4.78 is 24.1. The van der Waals surface area contributed by atoms with Crippen molar-refractivity contribution in [3.8, 4) is 10.6 Å². The van der Waals surface area contributed by atoms with Gasteiger partial charge in [0.2, 0.25) is 5.91 Å². The average Bonchev–Trinajstić information content (AvgIpc) is 3.27. The fourth-order valence-corrected chi connectivity index (χ4v) is 5.09. The van der Waals surface area contributed by atoms with Gasteiger partial charge in [-0.25, -0.2) is 18.4 Å². The van der Waals surface area contributed by atoms with Crippen molar-refractivity contribution in [1.29, 1.82) is 0 Å². The molecule has 1 amide bonds. The second-order valence-electron chi connectivity index (χ2n) is 6.16. The number of benzene rings is 2. The first-order valence-corrected chi connectivity index (χ1v) is 11.9. The molecule has 2 aromatic heterocycles. The van der Waals surface area contributed by atoms with Gasteiger partial charge >= 0.3 is 0 Å². The third-order valence-corrected chi connectivity index (χ3v) is 6.93. The Morgan fingerprint density at radius 3 is 2.64 bits per heavy atom. The van der Waals surface area contributed by atoms with Gasteiger partial charge in [0.05, 0.1) is 27.2 Å². The van der Waals surface area contributed by atoms with Gasteiger partial charge < -0.3 is 5.32 Å². The molecule has 0 unspecified atom stereocenters. The molecule has 4 aromatic rings. The van der Waals surface area contributed by atoms with Crippen LogP contribution in [0.2, 0.25) is 0 Å². The summed E-state index contributed by atoms with van der Waals surface area (Å²) >= 11 is 2.74. The summed E-state index contributed by atoms with van der Waals surface area (Å²) in [6.07, 6.45) is 1.31. The number of anilines is 1. The Bertz CT molecular complexity index is 1260. The van der Waals surface area contributed by atoms with Crippen molar-refractivity contribution in [3.63, 3.8) is 0 Å². The second-order valence-corrected chi connectivity index (χ2v) is 10.1. The fraction of sp³-hybridized carbons (Fsp3) is 0.105. The standard InChI is InChI=1S/C19H15N3O3S3/c1-28(24,25)14-7-8-15-16(10-14)27-19(21-15)22-17(23)9-13-11-26-18(20-13)12-5-3-2-4-6-12/h2-8,10-11H,9H2,1H3,(H,21,22,23). The zero-order valence-electron chi connectivity index (χ0n) is 14.7. The molecule has 9 heteroatoms. The zero-order valence-corrected chi connectivity index (χ0v) is 17.2. The van der Waals surface area contributed by atoms with E-state index < -0.39 is 9.84 Å². The number of rotatable bonds is 5. The highest BCUT2D eigenvalue weighted by Crippen LogP contribution is 2.28. The van der Waals surface area contributed by atoms with Crippen LogP contribution in [-0.2, 0) is 21.1 Å². The van der Waals surface area contributed by atoms with E-state index in [-0.39, 0.29) is 17.2 Å². The lowest BCUT2D eigenvalue weighted by molar-refractivity contribution is -0.115. The summed E-state index contributed by atoms with van der Waals surface area (Å²) in [6.45, 7) is 0. The molecule has 0 saturated heterocycles. The second kappa shape index (κ2) is 7.42. The van der Waals surface area contributed by atoms with Crippen molar-refractivity contribution in [1.82, 2.24) is 9.97 Å². The van der Waals surface area contributed by atoms with Gasteiger partial charge in [0.25, 0.3) is 0 Å². The number of aromatic nitrogens is 2. The SMILES string of the molecule is CS(=O)(=O)c1ccc2nc(NC(=O)Cc3csc(-c4ccccc4)n3)sc2c1. The van der Waals surface area contributed by atoms with E-state index in [0.717, 1.165) is 16.8 Å². The van der Waals surface area contributed by atoms with Crippen LogP contribution < -0.4 is 5.32 Å². The number of hydrogen-bond acceptors (Lipinski definition) is 7. The molecule has 2 aromatic carbocycles. The van der Waals surface area contributed by atoms with Crippen LogP contribution in [0.4, 0.5) is 5.13 Å². The Kier molecular flexibility index (Phi) is 4.96. The van der Waals surface area contributed by atoms with Crippen molar-refractivity contribution in [2.45, 2.75) is 11.3 Å². The lowest BCUT2D eigenvalue weighted by Crippen LogP contribution is -2.14. The Hall–Kier alpha value is -2.62. The van der Waals surface area contributed by atoms with Gasteiger partial charge in [-0.05, 0) is 18.2 Å². The van der Waals surface area contributed by atoms with Crippen LogP contribution in [0.1, 0.15) is 5.69 Å². The van der Waals surface area contributed by atoms with Gasteiger partial charge in [0, 0.05) is 17.2 Å². The average molecular weight is 430 g/mol. The first-order valence-electron chi connectivity index (χ1n) is 8.29. The highest BCUT2D eigenvalue weighted by molar-refractivity contribution is 7.90. The van der Waals surface area contributed by atoms with Crippen LogP contribution in [0.25, 0.3) is 20.8 Å². The summed E-state index contributed by atoms with van der Waals surface area (Å²) in [7, 11) is -3.28. The zero-order chi connectivity index (χ0) is 19.7. The maximum atomic E-state index is 12.4. The first kappa shape index (κ1) is 18.7. The van der Waals surface area contributed by atoms with Crippen LogP contribution in [-0.4, -0.2) is 30.5 Å². The number of nitrogens with zero attached hydrogens (tertiary/aromatic N) is 2. The summed E-state index contributed by atoms with van der Waals surface area (Å²) in [5.41, 5.74) is 2.36. The Morgan fingerprint density at radius 1 is 1.11 bits per heavy atom. The predicted molar refractivity (Wildman–Crippen MR) is 113 cm³/mol.